The average Bonchev–Trinajstić information content (AvgIpc) is 2.75. The highest BCUT2D eigenvalue weighted by atomic mass is 19.1. The van der Waals surface area contributed by atoms with Crippen LogP contribution in [0.3, 0.4) is 0 Å². The van der Waals surface area contributed by atoms with E-state index in [-0.39, 0.29) is 23.9 Å². The van der Waals surface area contributed by atoms with Gasteiger partial charge in [-0.15, -0.1) is 0 Å². The number of ether oxygens (including phenoxy) is 1. The summed E-state index contributed by atoms with van der Waals surface area (Å²) in [5.41, 5.74) is 0.658. The van der Waals surface area contributed by atoms with Gasteiger partial charge in [-0.3, -0.25) is 4.90 Å². The minimum absolute atomic E-state index is 0.00438. The number of hydrogen-bond acceptors (Lipinski definition) is 4. The monoisotopic (exact) mass is 281 g/mol. The summed E-state index contributed by atoms with van der Waals surface area (Å²) in [6.45, 7) is 2.40. The van der Waals surface area contributed by atoms with Gasteiger partial charge in [0.05, 0.1) is 31.3 Å². The van der Waals surface area contributed by atoms with E-state index in [2.05, 4.69) is 4.90 Å². The molecule has 2 N–H and O–H groups in total. The molecule has 0 bridgehead atoms. The van der Waals surface area contributed by atoms with Crippen LogP contribution in [-0.2, 0) is 4.74 Å². The van der Waals surface area contributed by atoms with E-state index in [4.69, 9.17) is 4.74 Å². The van der Waals surface area contributed by atoms with Crippen molar-refractivity contribution in [3.63, 3.8) is 0 Å². The third-order valence-corrected chi connectivity index (χ3v) is 4.31. The Balaban J connectivity index is 1.78. The van der Waals surface area contributed by atoms with Crippen LogP contribution in [0.5, 0.6) is 0 Å². The molecule has 0 spiro atoms. The van der Waals surface area contributed by atoms with Gasteiger partial charge in [0.15, 0.2) is 0 Å². The molecule has 0 saturated carbocycles. The third-order valence-electron chi connectivity index (χ3n) is 4.31. The van der Waals surface area contributed by atoms with Crippen LogP contribution < -0.4 is 0 Å². The Morgan fingerprint density at radius 3 is 2.80 bits per heavy atom. The van der Waals surface area contributed by atoms with Crippen LogP contribution in [-0.4, -0.2) is 54.1 Å². The highest BCUT2D eigenvalue weighted by Crippen LogP contribution is 2.37. The van der Waals surface area contributed by atoms with E-state index in [1.807, 2.05) is 6.07 Å². The van der Waals surface area contributed by atoms with Crippen LogP contribution in [0.25, 0.3) is 0 Å². The van der Waals surface area contributed by atoms with E-state index in [0.29, 0.717) is 32.7 Å². The Hall–Kier alpha value is -1.01. The van der Waals surface area contributed by atoms with Crippen LogP contribution in [0, 0.1) is 11.2 Å². The number of aliphatic hydroxyl groups excluding tert-OH is 2. The molecule has 2 aliphatic heterocycles. The molecule has 2 saturated heterocycles. The van der Waals surface area contributed by atoms with Crippen molar-refractivity contribution in [2.45, 2.75) is 18.6 Å². The molecule has 110 valence electrons. The van der Waals surface area contributed by atoms with Gasteiger partial charge in [-0.25, -0.2) is 4.39 Å². The zero-order valence-corrected chi connectivity index (χ0v) is 11.3. The normalized spacial score (nSPS) is 29.4. The molecule has 4 nitrogen and oxygen atoms in total. The summed E-state index contributed by atoms with van der Waals surface area (Å²) in [7, 11) is 0. The molecule has 1 aromatic carbocycles. The quantitative estimate of drug-likeness (QED) is 0.862. The van der Waals surface area contributed by atoms with Gasteiger partial charge in [-0.2, -0.15) is 0 Å². The number of halogens is 1. The summed E-state index contributed by atoms with van der Waals surface area (Å²) in [6.07, 6.45) is 0.200. The van der Waals surface area contributed by atoms with Gasteiger partial charge in [0.1, 0.15) is 5.82 Å². The van der Waals surface area contributed by atoms with Crippen molar-refractivity contribution in [1.29, 1.82) is 0 Å². The van der Waals surface area contributed by atoms with Gasteiger partial charge in [-0.1, -0.05) is 12.1 Å². The molecule has 0 unspecified atom stereocenters. The summed E-state index contributed by atoms with van der Waals surface area (Å²) >= 11 is 0. The number of hydrogen-bond donors (Lipinski definition) is 2. The zero-order chi connectivity index (χ0) is 14.2. The van der Waals surface area contributed by atoms with E-state index in [1.54, 1.807) is 6.07 Å². The molecule has 20 heavy (non-hydrogen) atoms. The number of rotatable bonds is 4. The fourth-order valence-electron chi connectivity index (χ4n) is 3.17. The standard InChI is InChI=1S/C15H20FNO3/c16-12-3-1-2-11(4-12)14-5-13(19)6-17(14)7-15(8-18)9-20-10-15/h1-4,13-14,18-19H,5-10H2/t13-,14-/m0/s1. The Labute approximate surface area is 117 Å². The molecule has 2 fully saturated rings. The molecule has 5 heteroatoms. The van der Waals surface area contributed by atoms with Crippen molar-refractivity contribution in [3.05, 3.63) is 35.6 Å². The second-order valence-electron chi connectivity index (χ2n) is 6.04. The number of aliphatic hydroxyl groups is 2. The molecule has 2 aliphatic rings. The second kappa shape index (κ2) is 5.41. The number of β-amino-alcohol motifs (C(OH)–C–C–N with tert-alkyl or cyclic N) is 1. The van der Waals surface area contributed by atoms with Crippen LogP contribution in [0.4, 0.5) is 4.39 Å². The SMILES string of the molecule is OCC1(CN2C[C@@H](O)C[C@H]2c2cccc(F)c2)COC1. The lowest BCUT2D eigenvalue weighted by Gasteiger charge is -2.43. The van der Waals surface area contributed by atoms with Crippen molar-refractivity contribution >= 4 is 0 Å². The van der Waals surface area contributed by atoms with Crippen molar-refractivity contribution in [3.8, 4) is 0 Å². The summed E-state index contributed by atoms with van der Waals surface area (Å²) in [5, 5.41) is 19.5. The lowest BCUT2D eigenvalue weighted by molar-refractivity contribution is -0.150. The van der Waals surface area contributed by atoms with Crippen molar-refractivity contribution in [2.24, 2.45) is 5.41 Å². The van der Waals surface area contributed by atoms with Gasteiger partial charge in [0.2, 0.25) is 0 Å². The predicted octanol–water partition coefficient (Wildman–Crippen LogP) is 0.942. The average molecular weight is 281 g/mol. The topological polar surface area (TPSA) is 52.9 Å². The molecule has 2 heterocycles. The van der Waals surface area contributed by atoms with Crippen molar-refractivity contribution < 1.29 is 19.3 Å². The predicted molar refractivity (Wildman–Crippen MR) is 71.7 cm³/mol. The Kier molecular flexibility index (Phi) is 3.77. The van der Waals surface area contributed by atoms with Gasteiger partial charge in [0, 0.05) is 19.1 Å². The maximum absolute atomic E-state index is 13.4. The highest BCUT2D eigenvalue weighted by Gasteiger charge is 2.43. The lowest BCUT2D eigenvalue weighted by atomic mass is 9.86. The highest BCUT2D eigenvalue weighted by molar-refractivity contribution is 5.22. The van der Waals surface area contributed by atoms with E-state index >= 15 is 0 Å². The fraction of sp³-hybridized carbons (Fsp3) is 0.600. The largest absolute Gasteiger partial charge is 0.396 e. The zero-order valence-electron chi connectivity index (χ0n) is 11.3. The summed E-state index contributed by atoms with van der Waals surface area (Å²) in [6, 6.07) is 6.54. The van der Waals surface area contributed by atoms with E-state index in [1.165, 1.54) is 12.1 Å². The van der Waals surface area contributed by atoms with Crippen LogP contribution in [0.2, 0.25) is 0 Å². The second-order valence-corrected chi connectivity index (χ2v) is 6.04. The maximum atomic E-state index is 13.4. The van der Waals surface area contributed by atoms with Gasteiger partial charge in [-0.05, 0) is 24.1 Å². The molecule has 0 aliphatic carbocycles. The summed E-state index contributed by atoms with van der Waals surface area (Å²) in [5.74, 6) is -0.257. The summed E-state index contributed by atoms with van der Waals surface area (Å²) in [4.78, 5) is 2.14. The lowest BCUT2D eigenvalue weighted by Crippen LogP contribution is -2.53. The maximum Gasteiger partial charge on any atom is 0.123 e. The fourth-order valence-corrected chi connectivity index (χ4v) is 3.17. The van der Waals surface area contributed by atoms with E-state index in [0.717, 1.165) is 5.56 Å². The van der Waals surface area contributed by atoms with Gasteiger partial charge >= 0.3 is 0 Å². The first-order valence-corrected chi connectivity index (χ1v) is 6.98. The van der Waals surface area contributed by atoms with Crippen molar-refractivity contribution in [1.82, 2.24) is 4.90 Å². The molecular weight excluding hydrogens is 261 g/mol. The Bertz CT molecular complexity index is 472. The molecule has 2 atom stereocenters. The van der Waals surface area contributed by atoms with Crippen molar-refractivity contribution in [2.75, 3.05) is 32.9 Å². The first-order valence-electron chi connectivity index (χ1n) is 6.98. The van der Waals surface area contributed by atoms with Crippen LogP contribution >= 0.6 is 0 Å². The van der Waals surface area contributed by atoms with Gasteiger partial charge < -0.3 is 14.9 Å². The molecule has 0 aromatic heterocycles. The van der Waals surface area contributed by atoms with Crippen LogP contribution in [0.15, 0.2) is 24.3 Å². The van der Waals surface area contributed by atoms with E-state index < -0.39 is 6.10 Å². The molecule has 0 radical (unpaired) electrons. The Morgan fingerprint density at radius 1 is 1.40 bits per heavy atom. The third kappa shape index (κ3) is 2.59. The van der Waals surface area contributed by atoms with Crippen LogP contribution in [0.1, 0.15) is 18.0 Å². The molecular formula is C15H20FNO3. The number of likely N-dealkylation sites (tertiary alicyclic amines) is 1. The van der Waals surface area contributed by atoms with Gasteiger partial charge in [0.25, 0.3) is 0 Å². The minimum atomic E-state index is -0.403. The number of benzene rings is 1. The molecule has 3 rings (SSSR count). The molecule has 0 amide bonds. The first kappa shape index (κ1) is 13.9. The first-order chi connectivity index (χ1) is 9.62. The summed E-state index contributed by atoms with van der Waals surface area (Å²) < 4.78 is 18.6. The van der Waals surface area contributed by atoms with E-state index in [9.17, 15) is 14.6 Å². The molecule has 1 aromatic rings. The Morgan fingerprint density at radius 2 is 2.20 bits per heavy atom. The number of nitrogens with zero attached hydrogens (tertiary/aromatic N) is 1. The smallest absolute Gasteiger partial charge is 0.123 e. The minimum Gasteiger partial charge on any atom is -0.396 e.